The van der Waals surface area contributed by atoms with Crippen molar-refractivity contribution in [1.82, 2.24) is 14.3 Å². The van der Waals surface area contributed by atoms with Crippen LogP contribution in [0.25, 0.3) is 5.69 Å². The van der Waals surface area contributed by atoms with Gasteiger partial charge in [0.1, 0.15) is 40.9 Å². The molecule has 2 aromatic carbocycles. The summed E-state index contributed by atoms with van der Waals surface area (Å²) in [7, 11) is 0. The van der Waals surface area contributed by atoms with E-state index in [2.05, 4.69) is 5.10 Å². The fourth-order valence-corrected chi connectivity index (χ4v) is 2.75. The van der Waals surface area contributed by atoms with Gasteiger partial charge in [-0.2, -0.15) is 23.0 Å². The highest BCUT2D eigenvalue weighted by Gasteiger charge is 2.39. The summed E-state index contributed by atoms with van der Waals surface area (Å²) < 4.78 is 88.3. The van der Waals surface area contributed by atoms with Crippen molar-refractivity contribution in [2.24, 2.45) is 0 Å². The number of nitrogens with one attached hydrogen (secondary N) is 1. The van der Waals surface area contributed by atoms with Gasteiger partial charge in [0.25, 0.3) is 5.91 Å². The Morgan fingerprint density at radius 1 is 1.15 bits per heavy atom. The molecule has 0 fully saturated rings. The van der Waals surface area contributed by atoms with Crippen LogP contribution in [-0.2, 0) is 6.54 Å². The molecule has 0 aliphatic rings. The number of ether oxygens (including phenoxy) is 1. The van der Waals surface area contributed by atoms with Crippen LogP contribution in [0.2, 0.25) is 0 Å². The molecular weight excluding hydrogens is 458 g/mol. The largest absolute Gasteiger partial charge is 0.480 e. The molecule has 176 valence electrons. The van der Waals surface area contributed by atoms with Crippen LogP contribution in [-0.4, -0.2) is 32.5 Å². The van der Waals surface area contributed by atoms with Crippen LogP contribution in [0.1, 0.15) is 24.2 Å². The minimum atomic E-state index is -4.86. The first kappa shape index (κ1) is 23.9. The minimum Gasteiger partial charge on any atom is -0.480 e. The molecule has 0 saturated heterocycles. The average molecular weight is 474 g/mol. The molecule has 0 radical (unpaired) electrons. The number of alkyl halides is 3. The van der Waals surface area contributed by atoms with Gasteiger partial charge < -0.3 is 10.1 Å². The number of rotatable bonds is 6. The van der Waals surface area contributed by atoms with Crippen LogP contribution in [0, 0.1) is 17.5 Å². The molecule has 0 bridgehead atoms. The molecule has 33 heavy (non-hydrogen) atoms. The van der Waals surface area contributed by atoms with Gasteiger partial charge >= 0.3 is 11.9 Å². The van der Waals surface area contributed by atoms with Crippen molar-refractivity contribution < 1.29 is 35.9 Å². The van der Waals surface area contributed by atoms with E-state index in [9.17, 15) is 35.9 Å². The summed E-state index contributed by atoms with van der Waals surface area (Å²) in [5, 5.41) is 5.55. The molecule has 0 aliphatic heterocycles. The molecule has 0 unspecified atom stereocenters. The molecule has 3 rings (SSSR count). The maximum atomic E-state index is 14.8. The van der Waals surface area contributed by atoms with Crippen molar-refractivity contribution in [2.75, 3.05) is 5.32 Å². The van der Waals surface area contributed by atoms with Crippen molar-refractivity contribution in [1.29, 1.82) is 0 Å². The molecule has 0 saturated carbocycles. The Balaban J connectivity index is 2.12. The number of hydrogen-bond donors (Lipinski definition) is 1. The van der Waals surface area contributed by atoms with E-state index in [0.717, 1.165) is 29.1 Å². The first-order valence-electron chi connectivity index (χ1n) is 9.41. The number of carbonyl (C=O) groups excluding carboxylic acids is 1. The number of halogens is 6. The zero-order chi connectivity index (χ0) is 24.5. The van der Waals surface area contributed by atoms with Crippen LogP contribution < -0.4 is 15.7 Å². The van der Waals surface area contributed by atoms with Crippen LogP contribution in [0.5, 0.6) is 5.75 Å². The van der Waals surface area contributed by atoms with Crippen LogP contribution in [0.3, 0.4) is 0 Å². The Kier molecular flexibility index (Phi) is 6.51. The SMILES string of the molecule is CCn1cnn(-c2cc(O[C@@H](C)C(F)(F)F)c(C(=O)Nc3c(F)cccc3F)cc2F)c1=O. The molecule has 1 N–H and O–H groups in total. The summed E-state index contributed by atoms with van der Waals surface area (Å²) in [5.41, 5.74) is -3.07. The Morgan fingerprint density at radius 2 is 1.79 bits per heavy atom. The van der Waals surface area contributed by atoms with E-state index in [-0.39, 0.29) is 6.54 Å². The van der Waals surface area contributed by atoms with Crippen molar-refractivity contribution in [3.8, 4) is 11.4 Å². The fourth-order valence-electron chi connectivity index (χ4n) is 2.75. The maximum absolute atomic E-state index is 14.8. The van der Waals surface area contributed by atoms with Gasteiger partial charge in [-0.3, -0.25) is 9.36 Å². The van der Waals surface area contributed by atoms with Gasteiger partial charge in [0.15, 0.2) is 6.10 Å². The molecule has 0 spiro atoms. The first-order valence-corrected chi connectivity index (χ1v) is 9.41. The van der Waals surface area contributed by atoms with Crippen molar-refractivity contribution >= 4 is 11.6 Å². The first-order chi connectivity index (χ1) is 15.4. The zero-order valence-corrected chi connectivity index (χ0v) is 17.1. The molecule has 0 aliphatic carbocycles. The highest BCUT2D eigenvalue weighted by Crippen LogP contribution is 2.31. The molecule has 13 heteroatoms. The van der Waals surface area contributed by atoms with Gasteiger partial charge in [0.2, 0.25) is 0 Å². The van der Waals surface area contributed by atoms with E-state index in [0.29, 0.717) is 23.7 Å². The summed E-state index contributed by atoms with van der Waals surface area (Å²) in [6.45, 7) is 2.43. The van der Waals surface area contributed by atoms with Gasteiger partial charge in [-0.05, 0) is 32.0 Å². The van der Waals surface area contributed by atoms with Crippen LogP contribution >= 0.6 is 0 Å². The van der Waals surface area contributed by atoms with E-state index >= 15 is 0 Å². The quantitative estimate of drug-likeness (QED) is 0.547. The van der Waals surface area contributed by atoms with Crippen LogP contribution in [0.15, 0.2) is 41.5 Å². The Bertz CT molecular complexity index is 1230. The molecule has 3 aromatic rings. The maximum Gasteiger partial charge on any atom is 0.425 e. The monoisotopic (exact) mass is 474 g/mol. The zero-order valence-electron chi connectivity index (χ0n) is 17.1. The van der Waals surface area contributed by atoms with Gasteiger partial charge in [0, 0.05) is 12.6 Å². The fraction of sp³-hybridized carbons (Fsp3) is 0.250. The van der Waals surface area contributed by atoms with E-state index in [1.54, 1.807) is 6.92 Å². The van der Waals surface area contributed by atoms with E-state index in [1.807, 2.05) is 5.32 Å². The van der Waals surface area contributed by atoms with Gasteiger partial charge in [-0.25, -0.2) is 18.0 Å². The molecule has 7 nitrogen and oxygen atoms in total. The summed E-state index contributed by atoms with van der Waals surface area (Å²) >= 11 is 0. The second-order valence-electron chi connectivity index (χ2n) is 6.76. The molecule has 1 heterocycles. The van der Waals surface area contributed by atoms with E-state index in [4.69, 9.17) is 4.74 Å². The lowest BCUT2D eigenvalue weighted by atomic mass is 10.1. The lowest BCUT2D eigenvalue weighted by molar-refractivity contribution is -0.189. The number of anilines is 1. The second-order valence-corrected chi connectivity index (χ2v) is 6.76. The van der Waals surface area contributed by atoms with Crippen molar-refractivity contribution in [2.45, 2.75) is 32.7 Å². The van der Waals surface area contributed by atoms with Crippen LogP contribution in [0.4, 0.5) is 32.0 Å². The lowest BCUT2D eigenvalue weighted by Gasteiger charge is -2.20. The normalized spacial score (nSPS) is 12.5. The predicted octanol–water partition coefficient (Wildman–Crippen LogP) is 4.05. The Labute approximate surface area is 182 Å². The number of para-hydroxylation sites is 1. The van der Waals surface area contributed by atoms with Gasteiger partial charge in [-0.15, -0.1) is 0 Å². The summed E-state index contributed by atoms with van der Waals surface area (Å²) in [6.07, 6.45) is -6.22. The van der Waals surface area contributed by atoms with Gasteiger partial charge in [-0.1, -0.05) is 6.07 Å². The van der Waals surface area contributed by atoms with Crippen molar-refractivity contribution in [3.63, 3.8) is 0 Å². The van der Waals surface area contributed by atoms with E-state index in [1.165, 1.54) is 0 Å². The third-order valence-electron chi connectivity index (χ3n) is 4.56. The highest BCUT2D eigenvalue weighted by molar-refractivity contribution is 6.06. The molecule has 1 aromatic heterocycles. The summed E-state index contributed by atoms with van der Waals surface area (Å²) in [5.74, 6) is -5.68. The Morgan fingerprint density at radius 3 is 2.33 bits per heavy atom. The number of aromatic nitrogens is 3. The van der Waals surface area contributed by atoms with E-state index < -0.39 is 64.0 Å². The minimum absolute atomic E-state index is 0.184. The van der Waals surface area contributed by atoms with Gasteiger partial charge in [0.05, 0.1) is 5.56 Å². The third kappa shape index (κ3) is 4.86. The highest BCUT2D eigenvalue weighted by atomic mass is 19.4. The number of hydrogen-bond acceptors (Lipinski definition) is 4. The third-order valence-corrected chi connectivity index (χ3v) is 4.56. The summed E-state index contributed by atoms with van der Waals surface area (Å²) in [4.78, 5) is 24.9. The molecule has 1 atom stereocenters. The lowest BCUT2D eigenvalue weighted by Crippen LogP contribution is -2.32. The second kappa shape index (κ2) is 9.00. The number of aryl methyl sites for hydroxylation is 1. The standard InChI is InChI=1S/C20H16F6N4O3/c1-3-29-9-27-30(19(29)32)15-8-16(33-10(2)20(24,25)26)11(7-14(15)23)18(31)28-17-12(21)5-4-6-13(17)22/h4-10H,3H2,1-2H3,(H,28,31)/t10-/m0/s1. The Hall–Kier alpha value is -3.77. The predicted molar refractivity (Wildman–Crippen MR) is 104 cm³/mol. The van der Waals surface area contributed by atoms with Crippen molar-refractivity contribution in [3.05, 3.63) is 70.2 Å². The molecular formula is C20H16F6N4O3. The average Bonchev–Trinajstić information content (AvgIpc) is 3.11. The molecule has 1 amide bonds. The summed E-state index contributed by atoms with van der Waals surface area (Å²) in [6, 6.07) is 3.86. The smallest absolute Gasteiger partial charge is 0.425 e. The number of carbonyl (C=O) groups is 1. The number of benzene rings is 2. The number of amides is 1. The number of nitrogens with zero attached hydrogens (tertiary/aromatic N) is 3. The topological polar surface area (TPSA) is 78.2 Å².